The minimum absolute atomic E-state index is 0.0466. The van der Waals surface area contributed by atoms with Gasteiger partial charge < -0.3 is 9.64 Å². The lowest BCUT2D eigenvalue weighted by molar-refractivity contribution is -0.384. The van der Waals surface area contributed by atoms with Crippen molar-refractivity contribution in [1.29, 1.82) is 0 Å². The van der Waals surface area contributed by atoms with Gasteiger partial charge in [0.25, 0.3) is 5.69 Å². The summed E-state index contributed by atoms with van der Waals surface area (Å²) in [5.41, 5.74) is 1.61. The normalized spacial score (nSPS) is 9.94. The maximum atomic E-state index is 11.3. The highest BCUT2D eigenvalue weighted by Gasteiger charge is 2.14. The zero-order valence-corrected chi connectivity index (χ0v) is 10.7. The number of anilines is 1. The lowest BCUT2D eigenvalue weighted by Gasteiger charge is -2.23. The number of methoxy groups -OCH3 is 1. The smallest absolute Gasteiger partial charge is 0.325 e. The van der Waals surface area contributed by atoms with E-state index >= 15 is 0 Å². The summed E-state index contributed by atoms with van der Waals surface area (Å²) in [5, 5.41) is 10.6. The molecule has 0 bridgehead atoms. The summed E-state index contributed by atoms with van der Waals surface area (Å²) < 4.78 is 4.62. The second kappa shape index (κ2) is 6.00. The highest BCUT2D eigenvalue weighted by atomic mass is 16.6. The zero-order chi connectivity index (χ0) is 13.7. The largest absolute Gasteiger partial charge is 0.468 e. The topological polar surface area (TPSA) is 72.7 Å². The van der Waals surface area contributed by atoms with Crippen molar-refractivity contribution >= 4 is 17.3 Å². The van der Waals surface area contributed by atoms with Crippen LogP contribution in [-0.2, 0) is 9.53 Å². The number of hydrogen-bond acceptors (Lipinski definition) is 5. The summed E-state index contributed by atoms with van der Waals surface area (Å²) >= 11 is 0. The lowest BCUT2D eigenvalue weighted by Crippen LogP contribution is -2.30. The summed E-state index contributed by atoms with van der Waals surface area (Å²) in [6.45, 7) is 4.44. The summed E-state index contributed by atoms with van der Waals surface area (Å²) in [7, 11) is 1.33. The van der Waals surface area contributed by atoms with Crippen LogP contribution in [0.5, 0.6) is 0 Å². The molecule has 0 aliphatic heterocycles. The molecule has 0 spiro atoms. The first-order valence-electron chi connectivity index (χ1n) is 5.56. The van der Waals surface area contributed by atoms with E-state index in [2.05, 4.69) is 4.74 Å². The van der Waals surface area contributed by atoms with Gasteiger partial charge in [-0.3, -0.25) is 14.9 Å². The molecular weight excluding hydrogens is 236 g/mol. The van der Waals surface area contributed by atoms with Crippen molar-refractivity contribution in [1.82, 2.24) is 0 Å². The van der Waals surface area contributed by atoms with Crippen LogP contribution < -0.4 is 4.90 Å². The third-order valence-corrected chi connectivity index (χ3v) is 2.66. The second-order valence-electron chi connectivity index (χ2n) is 3.82. The standard InChI is InChI=1S/C12H16N2O4/c1-4-13(8-12(15)18-3)11-6-5-10(14(16)17)7-9(11)2/h5-7H,4,8H2,1-3H3. The number of esters is 1. The molecule has 0 unspecified atom stereocenters. The fourth-order valence-electron chi connectivity index (χ4n) is 1.70. The number of benzene rings is 1. The van der Waals surface area contributed by atoms with Crippen LogP contribution in [0.2, 0.25) is 0 Å². The molecule has 6 nitrogen and oxygen atoms in total. The van der Waals surface area contributed by atoms with Crippen molar-refractivity contribution < 1.29 is 14.5 Å². The number of rotatable bonds is 5. The van der Waals surface area contributed by atoms with Crippen LogP contribution in [0.3, 0.4) is 0 Å². The average Bonchev–Trinajstić information content (AvgIpc) is 2.35. The summed E-state index contributed by atoms with van der Waals surface area (Å²) in [5.74, 6) is -0.338. The summed E-state index contributed by atoms with van der Waals surface area (Å²) in [6, 6.07) is 4.58. The van der Waals surface area contributed by atoms with Gasteiger partial charge in [0.15, 0.2) is 0 Å². The molecule has 1 aromatic carbocycles. The van der Waals surface area contributed by atoms with Gasteiger partial charge >= 0.3 is 5.97 Å². The Bertz CT molecular complexity index is 459. The van der Waals surface area contributed by atoms with Gasteiger partial charge in [-0.25, -0.2) is 0 Å². The quantitative estimate of drug-likeness (QED) is 0.454. The first kappa shape index (κ1) is 14.0. The highest BCUT2D eigenvalue weighted by molar-refractivity contribution is 5.76. The van der Waals surface area contributed by atoms with Gasteiger partial charge in [0.05, 0.1) is 12.0 Å². The molecule has 0 amide bonds. The number of hydrogen-bond donors (Lipinski definition) is 0. The molecule has 0 saturated carbocycles. The number of nitrogens with zero attached hydrogens (tertiary/aromatic N) is 2. The van der Waals surface area contributed by atoms with E-state index in [-0.39, 0.29) is 18.2 Å². The van der Waals surface area contributed by atoms with E-state index in [0.717, 1.165) is 11.3 Å². The molecule has 1 aromatic rings. The van der Waals surface area contributed by atoms with Crippen LogP contribution >= 0.6 is 0 Å². The van der Waals surface area contributed by atoms with Gasteiger partial charge in [0.2, 0.25) is 0 Å². The van der Waals surface area contributed by atoms with Crippen molar-refractivity contribution in [3.63, 3.8) is 0 Å². The molecule has 0 fully saturated rings. The number of likely N-dealkylation sites (N-methyl/N-ethyl adjacent to an activating group) is 1. The summed E-state index contributed by atoms with van der Waals surface area (Å²) in [4.78, 5) is 23.3. The Kier molecular flexibility index (Phi) is 4.65. The molecule has 1 rings (SSSR count). The molecule has 98 valence electrons. The van der Waals surface area contributed by atoms with Crippen LogP contribution in [0.1, 0.15) is 12.5 Å². The Balaban J connectivity index is 3.00. The van der Waals surface area contributed by atoms with Crippen LogP contribution in [0.4, 0.5) is 11.4 Å². The molecule has 6 heteroatoms. The van der Waals surface area contributed by atoms with Crippen molar-refractivity contribution in [2.45, 2.75) is 13.8 Å². The third-order valence-electron chi connectivity index (χ3n) is 2.66. The van der Waals surface area contributed by atoms with E-state index in [9.17, 15) is 14.9 Å². The van der Waals surface area contributed by atoms with Crippen molar-refractivity contribution in [2.24, 2.45) is 0 Å². The SMILES string of the molecule is CCN(CC(=O)OC)c1ccc([N+](=O)[O-])cc1C. The first-order chi connectivity index (χ1) is 8.49. The molecule has 0 saturated heterocycles. The minimum Gasteiger partial charge on any atom is -0.468 e. The van der Waals surface area contributed by atoms with E-state index in [1.54, 1.807) is 13.0 Å². The number of carbonyl (C=O) groups excluding carboxylic acids is 1. The number of nitro benzene ring substituents is 1. The van der Waals surface area contributed by atoms with Gasteiger partial charge in [-0.15, -0.1) is 0 Å². The molecule has 0 aliphatic carbocycles. The molecule has 0 N–H and O–H groups in total. The second-order valence-corrected chi connectivity index (χ2v) is 3.82. The van der Waals surface area contributed by atoms with E-state index < -0.39 is 4.92 Å². The van der Waals surface area contributed by atoms with Crippen LogP contribution in [0.15, 0.2) is 18.2 Å². The zero-order valence-electron chi connectivity index (χ0n) is 10.7. The minimum atomic E-state index is -0.437. The molecule has 0 aromatic heterocycles. The molecule has 0 aliphatic rings. The third kappa shape index (κ3) is 3.19. The van der Waals surface area contributed by atoms with Gasteiger partial charge in [-0.2, -0.15) is 0 Å². The van der Waals surface area contributed by atoms with Gasteiger partial charge in [-0.1, -0.05) is 0 Å². The lowest BCUT2D eigenvalue weighted by atomic mass is 10.1. The fourth-order valence-corrected chi connectivity index (χ4v) is 1.70. The number of nitro groups is 1. The van der Waals surface area contributed by atoms with Crippen LogP contribution in [0.25, 0.3) is 0 Å². The van der Waals surface area contributed by atoms with Crippen LogP contribution in [0, 0.1) is 17.0 Å². The van der Waals surface area contributed by atoms with E-state index in [1.807, 2.05) is 11.8 Å². The van der Waals surface area contributed by atoms with Crippen LogP contribution in [-0.4, -0.2) is 31.1 Å². The Morgan fingerprint density at radius 2 is 2.17 bits per heavy atom. The van der Waals surface area contributed by atoms with Gasteiger partial charge in [0, 0.05) is 24.4 Å². The predicted octanol–water partition coefficient (Wildman–Crippen LogP) is 1.90. The predicted molar refractivity (Wildman–Crippen MR) is 67.7 cm³/mol. The Hall–Kier alpha value is -2.11. The number of ether oxygens (including phenoxy) is 1. The molecule has 0 heterocycles. The van der Waals surface area contributed by atoms with Crippen molar-refractivity contribution in [3.05, 3.63) is 33.9 Å². The molecular formula is C12H16N2O4. The maximum Gasteiger partial charge on any atom is 0.325 e. The molecule has 0 atom stereocenters. The van der Waals surface area contributed by atoms with Crippen molar-refractivity contribution in [3.8, 4) is 0 Å². The number of non-ortho nitro benzene ring substituents is 1. The van der Waals surface area contributed by atoms with E-state index in [0.29, 0.717) is 6.54 Å². The highest BCUT2D eigenvalue weighted by Crippen LogP contribution is 2.24. The Morgan fingerprint density at radius 3 is 2.61 bits per heavy atom. The summed E-state index contributed by atoms with van der Waals surface area (Å²) in [6.07, 6.45) is 0. The van der Waals surface area contributed by atoms with E-state index in [1.165, 1.54) is 19.2 Å². The number of carbonyl (C=O) groups is 1. The van der Waals surface area contributed by atoms with Gasteiger partial charge in [-0.05, 0) is 25.5 Å². The fraction of sp³-hybridized carbons (Fsp3) is 0.417. The van der Waals surface area contributed by atoms with Crippen molar-refractivity contribution in [2.75, 3.05) is 25.1 Å². The average molecular weight is 252 g/mol. The Labute approximate surface area is 105 Å². The molecule has 18 heavy (non-hydrogen) atoms. The van der Waals surface area contributed by atoms with E-state index in [4.69, 9.17) is 0 Å². The Morgan fingerprint density at radius 1 is 1.50 bits per heavy atom. The molecule has 0 radical (unpaired) electrons. The number of aryl methyl sites for hydroxylation is 1. The maximum absolute atomic E-state index is 11.3. The first-order valence-corrected chi connectivity index (χ1v) is 5.56. The monoisotopic (exact) mass is 252 g/mol. The van der Waals surface area contributed by atoms with Gasteiger partial charge in [0.1, 0.15) is 6.54 Å².